The highest BCUT2D eigenvalue weighted by Gasteiger charge is 2.37. The van der Waals surface area contributed by atoms with E-state index in [9.17, 15) is 36.6 Å². The van der Waals surface area contributed by atoms with Crippen LogP contribution in [0.25, 0.3) is 11.3 Å². The highest BCUT2D eigenvalue weighted by Crippen LogP contribution is 2.40. The lowest BCUT2D eigenvalue weighted by Crippen LogP contribution is -2.49. The number of aromatic nitrogens is 2. The van der Waals surface area contributed by atoms with Crippen molar-refractivity contribution in [2.75, 3.05) is 19.6 Å². The lowest BCUT2D eigenvalue weighted by atomic mass is 9.97. The highest BCUT2D eigenvalue weighted by molar-refractivity contribution is 5.94. The smallest absolute Gasteiger partial charge is 0.417 e. The van der Waals surface area contributed by atoms with Gasteiger partial charge in [-0.15, -0.1) is 0 Å². The summed E-state index contributed by atoms with van der Waals surface area (Å²) in [4.78, 5) is 26.4. The molecule has 1 N–H and O–H groups in total. The van der Waals surface area contributed by atoms with Crippen molar-refractivity contribution in [1.29, 1.82) is 0 Å². The summed E-state index contributed by atoms with van der Waals surface area (Å²) in [5, 5.41) is 18.7. The number of carboxylic acids is 1. The molecule has 0 spiro atoms. The number of hydrogen-bond acceptors (Lipinski definition) is 5. The number of nitrogens with zero attached hydrogens (tertiary/aromatic N) is 3. The van der Waals surface area contributed by atoms with E-state index in [1.807, 2.05) is 0 Å². The van der Waals surface area contributed by atoms with Gasteiger partial charge in [-0.2, -0.15) is 18.3 Å². The Morgan fingerprint density at radius 1 is 1.18 bits per heavy atom. The van der Waals surface area contributed by atoms with Gasteiger partial charge in [-0.3, -0.25) is 14.4 Å². The van der Waals surface area contributed by atoms with E-state index in [2.05, 4.69) is 10.4 Å². The maximum Gasteiger partial charge on any atom is 0.417 e. The molecule has 1 aliphatic carbocycles. The van der Waals surface area contributed by atoms with E-state index in [4.69, 9.17) is 0 Å². The molecule has 2 fully saturated rings. The summed E-state index contributed by atoms with van der Waals surface area (Å²) in [6, 6.07) is 5.25. The Hall–Kier alpha value is -3.02. The average molecular weight is 556 g/mol. The van der Waals surface area contributed by atoms with Crippen molar-refractivity contribution < 1.29 is 36.6 Å². The molecule has 2 aliphatic rings. The fraction of sp³-hybridized carbons (Fsp3) is 0.593. The SMILES string of the molecule is CC(C(=O)[O-])C(CCN1CCCC(F)(F)C1)NC(=O)c1cc(-c2ccccc2C(F)(F)F)n(C2CCCC2)n1. The quantitative estimate of drug-likeness (QED) is 0.467. The molecule has 1 aromatic heterocycles. The molecule has 1 aromatic carbocycles. The Morgan fingerprint density at radius 2 is 1.87 bits per heavy atom. The Bertz CT molecular complexity index is 1180. The molecule has 2 heterocycles. The van der Waals surface area contributed by atoms with E-state index in [-0.39, 0.29) is 42.4 Å². The van der Waals surface area contributed by atoms with Crippen molar-refractivity contribution in [3.05, 3.63) is 41.6 Å². The van der Waals surface area contributed by atoms with Gasteiger partial charge in [0.05, 0.1) is 23.8 Å². The Labute approximate surface area is 223 Å². The summed E-state index contributed by atoms with van der Waals surface area (Å²) in [6.07, 6.45) is -1.28. The number of likely N-dealkylation sites (tertiary alicyclic amines) is 1. The molecule has 214 valence electrons. The molecule has 0 radical (unpaired) electrons. The number of piperidine rings is 1. The molecular formula is C27H32F5N4O3-. The van der Waals surface area contributed by atoms with Crippen LogP contribution in [-0.4, -0.2) is 58.2 Å². The van der Waals surface area contributed by atoms with Gasteiger partial charge in [-0.25, -0.2) is 8.78 Å². The number of carbonyl (C=O) groups excluding carboxylic acids is 2. The van der Waals surface area contributed by atoms with E-state index >= 15 is 0 Å². The zero-order valence-corrected chi connectivity index (χ0v) is 21.6. The zero-order valence-electron chi connectivity index (χ0n) is 21.6. The largest absolute Gasteiger partial charge is 0.550 e. The first-order valence-corrected chi connectivity index (χ1v) is 13.2. The second kappa shape index (κ2) is 11.6. The van der Waals surface area contributed by atoms with Gasteiger partial charge >= 0.3 is 6.18 Å². The van der Waals surface area contributed by atoms with Crippen LogP contribution in [0.4, 0.5) is 22.0 Å². The summed E-state index contributed by atoms with van der Waals surface area (Å²) < 4.78 is 70.5. The van der Waals surface area contributed by atoms with E-state index in [0.29, 0.717) is 25.8 Å². The standard InChI is InChI=1S/C27H33F5N4O3/c1-17(25(38)39)21(11-14-35-13-6-12-26(28,29)16-35)33-24(37)22-15-23(36(34-22)18-7-2-3-8-18)19-9-4-5-10-20(19)27(30,31)32/h4-5,9-10,15,17-18,21H,2-3,6-8,11-14,16H2,1H3,(H,33,37)(H,38,39)/p-1. The summed E-state index contributed by atoms with van der Waals surface area (Å²) in [5.74, 6) is -6.13. The third-order valence-corrected chi connectivity index (χ3v) is 7.67. The van der Waals surface area contributed by atoms with Crippen LogP contribution in [-0.2, 0) is 11.0 Å². The topological polar surface area (TPSA) is 90.3 Å². The van der Waals surface area contributed by atoms with Gasteiger partial charge in [0, 0.05) is 36.5 Å². The van der Waals surface area contributed by atoms with E-state index in [0.717, 1.165) is 18.9 Å². The molecule has 2 unspecified atom stereocenters. The van der Waals surface area contributed by atoms with Crippen LogP contribution in [0.5, 0.6) is 0 Å². The molecule has 39 heavy (non-hydrogen) atoms. The first kappa shape index (κ1) is 29.0. The van der Waals surface area contributed by atoms with E-state index in [1.54, 1.807) is 0 Å². The second-order valence-electron chi connectivity index (χ2n) is 10.6. The zero-order chi connectivity index (χ0) is 28.4. The van der Waals surface area contributed by atoms with Crippen LogP contribution in [0.2, 0.25) is 0 Å². The van der Waals surface area contributed by atoms with E-state index < -0.39 is 48.0 Å². The number of rotatable bonds is 9. The number of benzene rings is 1. The number of amides is 1. The average Bonchev–Trinajstić information content (AvgIpc) is 3.55. The molecule has 12 heteroatoms. The number of alkyl halides is 5. The third-order valence-electron chi connectivity index (χ3n) is 7.67. The van der Waals surface area contributed by atoms with Crippen molar-refractivity contribution in [2.24, 2.45) is 5.92 Å². The summed E-state index contributed by atoms with van der Waals surface area (Å²) in [5.41, 5.74) is -0.944. The summed E-state index contributed by atoms with van der Waals surface area (Å²) in [6.45, 7) is 1.48. The minimum Gasteiger partial charge on any atom is -0.550 e. The summed E-state index contributed by atoms with van der Waals surface area (Å²) in [7, 11) is 0. The fourth-order valence-electron chi connectivity index (χ4n) is 5.50. The number of carbonyl (C=O) groups is 2. The van der Waals surface area contributed by atoms with Crippen LogP contribution in [0.1, 0.15) is 74.0 Å². The fourth-order valence-corrected chi connectivity index (χ4v) is 5.50. The molecule has 1 aliphatic heterocycles. The van der Waals surface area contributed by atoms with Gasteiger partial charge in [0.2, 0.25) is 0 Å². The second-order valence-corrected chi connectivity index (χ2v) is 10.6. The Morgan fingerprint density at radius 3 is 2.51 bits per heavy atom. The maximum absolute atomic E-state index is 13.8. The molecule has 0 bridgehead atoms. The highest BCUT2D eigenvalue weighted by atomic mass is 19.4. The van der Waals surface area contributed by atoms with Crippen molar-refractivity contribution in [2.45, 2.75) is 76.1 Å². The van der Waals surface area contributed by atoms with Crippen LogP contribution in [0, 0.1) is 5.92 Å². The molecule has 4 rings (SSSR count). The van der Waals surface area contributed by atoms with E-state index in [1.165, 1.54) is 40.8 Å². The minimum atomic E-state index is -4.62. The van der Waals surface area contributed by atoms with Crippen molar-refractivity contribution in [3.63, 3.8) is 0 Å². The molecule has 1 saturated carbocycles. The number of hydrogen-bond donors (Lipinski definition) is 1. The van der Waals surface area contributed by atoms with Crippen molar-refractivity contribution in [1.82, 2.24) is 20.0 Å². The molecule has 1 amide bonds. The Balaban J connectivity index is 1.60. The summed E-state index contributed by atoms with van der Waals surface area (Å²) >= 11 is 0. The molecular weight excluding hydrogens is 523 g/mol. The van der Waals surface area contributed by atoms with Crippen molar-refractivity contribution in [3.8, 4) is 11.3 Å². The molecule has 2 aromatic rings. The normalized spacial score (nSPS) is 20.1. The maximum atomic E-state index is 13.8. The van der Waals surface area contributed by atoms with Crippen LogP contribution in [0.15, 0.2) is 30.3 Å². The predicted octanol–water partition coefficient (Wildman–Crippen LogP) is 4.29. The first-order chi connectivity index (χ1) is 18.4. The lowest BCUT2D eigenvalue weighted by Gasteiger charge is -2.34. The van der Waals surface area contributed by atoms with Gasteiger partial charge in [-0.1, -0.05) is 38.0 Å². The molecule has 2 atom stereocenters. The lowest BCUT2D eigenvalue weighted by molar-refractivity contribution is -0.311. The number of halogens is 5. The number of carboxylic acid groups (broad SMARTS) is 1. The predicted molar refractivity (Wildman–Crippen MR) is 131 cm³/mol. The minimum absolute atomic E-state index is 0.0735. The first-order valence-electron chi connectivity index (χ1n) is 13.2. The van der Waals surface area contributed by atoms with Crippen LogP contribution in [0.3, 0.4) is 0 Å². The van der Waals surface area contributed by atoms with Gasteiger partial charge in [0.25, 0.3) is 11.8 Å². The van der Waals surface area contributed by atoms with Crippen molar-refractivity contribution >= 4 is 11.9 Å². The number of aliphatic carboxylic acids is 1. The number of nitrogens with one attached hydrogen (secondary N) is 1. The van der Waals surface area contributed by atoms with Crippen LogP contribution >= 0.6 is 0 Å². The van der Waals surface area contributed by atoms with Crippen LogP contribution < -0.4 is 10.4 Å². The molecule has 1 saturated heterocycles. The Kier molecular flexibility index (Phi) is 8.63. The van der Waals surface area contributed by atoms with Gasteiger partial charge in [0.15, 0.2) is 5.69 Å². The van der Waals surface area contributed by atoms with Gasteiger partial charge in [0.1, 0.15) is 0 Å². The van der Waals surface area contributed by atoms with Gasteiger partial charge in [-0.05, 0) is 44.4 Å². The monoisotopic (exact) mass is 555 g/mol. The van der Waals surface area contributed by atoms with Gasteiger partial charge < -0.3 is 15.2 Å². The molecule has 7 nitrogen and oxygen atoms in total. The third kappa shape index (κ3) is 6.95.